The number of nitrogens with zero attached hydrogens (tertiary/aromatic N) is 1. The fourth-order valence-electron chi connectivity index (χ4n) is 2.69. The summed E-state index contributed by atoms with van der Waals surface area (Å²) in [5, 5.41) is 11.3. The smallest absolute Gasteiger partial charge is 0.183 e. The number of rotatable bonds is 9. The normalized spacial score (nSPS) is 12.3. The van der Waals surface area contributed by atoms with Gasteiger partial charge in [-0.05, 0) is 49.2 Å². The molecule has 1 aromatic heterocycles. The minimum Gasteiger partial charge on any atom is -0.490 e. The summed E-state index contributed by atoms with van der Waals surface area (Å²) in [7, 11) is 3.06. The lowest BCUT2D eigenvalue weighted by Gasteiger charge is -2.23. The zero-order chi connectivity index (χ0) is 19.1. The molecule has 26 heavy (non-hydrogen) atoms. The fraction of sp³-hybridized carbons (Fsp3) is 0.421. The number of hydrogen-bond donors (Lipinski definition) is 1. The minimum absolute atomic E-state index is 0.300. The monoisotopic (exact) mass is 381 g/mol. The molecule has 0 fully saturated rings. The molecule has 0 aliphatic heterocycles. The third kappa shape index (κ3) is 4.65. The quantitative estimate of drug-likeness (QED) is 0.524. The highest BCUT2D eigenvalue weighted by Crippen LogP contribution is 2.39. The van der Waals surface area contributed by atoms with Crippen LogP contribution >= 0.6 is 11.6 Å². The molecule has 1 N–H and O–H groups in total. The van der Waals surface area contributed by atoms with Crippen LogP contribution in [-0.2, 0) is 9.47 Å². The van der Waals surface area contributed by atoms with Crippen LogP contribution in [0.3, 0.4) is 0 Å². The van der Waals surface area contributed by atoms with Crippen LogP contribution in [0.2, 0.25) is 5.15 Å². The first-order chi connectivity index (χ1) is 12.5. The summed E-state index contributed by atoms with van der Waals surface area (Å²) in [6.07, 6.45) is -0.0945. The highest BCUT2D eigenvalue weighted by atomic mass is 35.5. The molecule has 142 valence electrons. The molecule has 0 amide bonds. The number of ether oxygens (including phenoxy) is 4. The van der Waals surface area contributed by atoms with E-state index in [2.05, 4.69) is 4.98 Å². The molecular weight excluding hydrogens is 358 g/mol. The summed E-state index contributed by atoms with van der Waals surface area (Å²) in [5.41, 5.74) is 1.82. The van der Waals surface area contributed by atoms with Gasteiger partial charge in [-0.25, -0.2) is 4.98 Å². The first kappa shape index (κ1) is 20.5. The highest BCUT2D eigenvalue weighted by molar-refractivity contribution is 6.29. The summed E-state index contributed by atoms with van der Waals surface area (Å²) in [4.78, 5) is 3.95. The van der Waals surface area contributed by atoms with Crippen molar-refractivity contribution in [2.45, 2.75) is 26.2 Å². The van der Waals surface area contributed by atoms with Gasteiger partial charge in [-0.1, -0.05) is 11.6 Å². The lowest BCUT2D eigenvalue weighted by atomic mass is 9.96. The van der Waals surface area contributed by atoms with Crippen LogP contribution in [0.4, 0.5) is 0 Å². The largest absolute Gasteiger partial charge is 0.490 e. The van der Waals surface area contributed by atoms with E-state index < -0.39 is 12.4 Å². The van der Waals surface area contributed by atoms with Gasteiger partial charge in [0.1, 0.15) is 11.3 Å². The highest BCUT2D eigenvalue weighted by Gasteiger charge is 2.24. The van der Waals surface area contributed by atoms with E-state index in [1.54, 1.807) is 30.5 Å². The van der Waals surface area contributed by atoms with E-state index in [9.17, 15) is 5.11 Å². The lowest BCUT2D eigenvalue weighted by Crippen LogP contribution is -2.12. The van der Waals surface area contributed by atoms with E-state index in [0.717, 1.165) is 0 Å². The van der Waals surface area contributed by atoms with Crippen LogP contribution in [0, 0.1) is 0 Å². The van der Waals surface area contributed by atoms with E-state index in [1.807, 2.05) is 13.8 Å². The summed E-state index contributed by atoms with van der Waals surface area (Å²) >= 11 is 5.96. The maximum absolute atomic E-state index is 11.0. The van der Waals surface area contributed by atoms with Crippen molar-refractivity contribution in [2.24, 2.45) is 0 Å². The third-order valence-electron chi connectivity index (χ3n) is 3.79. The second kappa shape index (κ2) is 9.73. The van der Waals surface area contributed by atoms with E-state index in [1.165, 1.54) is 14.2 Å². The maximum atomic E-state index is 11.0. The molecular formula is C19H24ClNO5. The van der Waals surface area contributed by atoms with Gasteiger partial charge in [-0.15, -0.1) is 0 Å². The van der Waals surface area contributed by atoms with Crippen LogP contribution < -0.4 is 9.47 Å². The van der Waals surface area contributed by atoms with Crippen molar-refractivity contribution in [3.05, 3.63) is 52.3 Å². The average molecular weight is 382 g/mol. The fourth-order valence-corrected chi connectivity index (χ4v) is 2.87. The summed E-state index contributed by atoms with van der Waals surface area (Å²) in [6, 6.07) is 6.83. The Morgan fingerprint density at radius 1 is 1.00 bits per heavy atom. The standard InChI is InChI=1S/C19H24ClNO5/c1-5-25-15-10-13(18(22)12-7-8-21-17(20)9-12)14(19(23-3)24-4)11-16(15)26-6-2/h7-11,18-19,22H,5-6H2,1-4H3. The Balaban J connectivity index is 2.61. The second-order valence-electron chi connectivity index (χ2n) is 5.41. The van der Waals surface area contributed by atoms with Crippen molar-refractivity contribution >= 4 is 11.6 Å². The number of pyridine rings is 1. The van der Waals surface area contributed by atoms with Gasteiger partial charge >= 0.3 is 0 Å². The molecule has 2 aromatic rings. The molecule has 7 heteroatoms. The van der Waals surface area contributed by atoms with Gasteiger partial charge in [0, 0.05) is 26.0 Å². The predicted molar refractivity (Wildman–Crippen MR) is 98.8 cm³/mol. The van der Waals surface area contributed by atoms with Crippen molar-refractivity contribution in [1.29, 1.82) is 0 Å². The Morgan fingerprint density at radius 2 is 1.58 bits per heavy atom. The molecule has 1 atom stereocenters. The number of aromatic nitrogens is 1. The summed E-state index contributed by atoms with van der Waals surface area (Å²) < 4.78 is 22.2. The van der Waals surface area contributed by atoms with Crippen LogP contribution in [-0.4, -0.2) is 37.5 Å². The van der Waals surface area contributed by atoms with Gasteiger partial charge in [0.2, 0.25) is 0 Å². The van der Waals surface area contributed by atoms with Crippen molar-refractivity contribution < 1.29 is 24.1 Å². The van der Waals surface area contributed by atoms with Gasteiger partial charge in [-0.2, -0.15) is 0 Å². The average Bonchev–Trinajstić information content (AvgIpc) is 2.64. The number of hydrogen-bond acceptors (Lipinski definition) is 6. The van der Waals surface area contributed by atoms with Crippen molar-refractivity contribution in [2.75, 3.05) is 27.4 Å². The van der Waals surface area contributed by atoms with Crippen molar-refractivity contribution in [3.8, 4) is 11.5 Å². The predicted octanol–water partition coefficient (Wildman–Crippen LogP) is 3.91. The van der Waals surface area contributed by atoms with Crippen LogP contribution in [0.1, 0.15) is 42.9 Å². The van der Waals surface area contributed by atoms with Crippen LogP contribution in [0.15, 0.2) is 30.5 Å². The van der Waals surface area contributed by atoms with Crippen LogP contribution in [0.5, 0.6) is 11.5 Å². The number of aliphatic hydroxyl groups is 1. The van der Waals surface area contributed by atoms with E-state index >= 15 is 0 Å². The van der Waals surface area contributed by atoms with Gasteiger partial charge < -0.3 is 24.1 Å². The zero-order valence-corrected chi connectivity index (χ0v) is 16.1. The lowest BCUT2D eigenvalue weighted by molar-refractivity contribution is -0.107. The second-order valence-corrected chi connectivity index (χ2v) is 5.80. The molecule has 1 aromatic carbocycles. The van der Waals surface area contributed by atoms with E-state index in [0.29, 0.717) is 46.6 Å². The van der Waals surface area contributed by atoms with Crippen molar-refractivity contribution in [1.82, 2.24) is 4.98 Å². The third-order valence-corrected chi connectivity index (χ3v) is 4.00. The number of aliphatic hydroxyl groups excluding tert-OH is 1. The SMILES string of the molecule is CCOc1cc(C(OC)OC)c(C(O)c2ccnc(Cl)c2)cc1OCC. The number of benzene rings is 1. The molecule has 0 bridgehead atoms. The molecule has 0 aliphatic carbocycles. The Morgan fingerprint density at radius 3 is 2.08 bits per heavy atom. The minimum atomic E-state index is -0.965. The van der Waals surface area contributed by atoms with Gasteiger partial charge in [0.05, 0.1) is 13.2 Å². The van der Waals surface area contributed by atoms with E-state index in [-0.39, 0.29) is 0 Å². The molecule has 2 rings (SSSR count). The van der Waals surface area contributed by atoms with Crippen molar-refractivity contribution in [3.63, 3.8) is 0 Å². The molecule has 0 saturated carbocycles. The topological polar surface area (TPSA) is 70.0 Å². The zero-order valence-electron chi connectivity index (χ0n) is 15.4. The molecule has 1 unspecified atom stereocenters. The Labute approximate surface area is 158 Å². The molecule has 6 nitrogen and oxygen atoms in total. The molecule has 1 heterocycles. The summed E-state index contributed by atoms with van der Waals surface area (Å²) in [5.74, 6) is 1.10. The Hall–Kier alpha value is -1.86. The number of methoxy groups -OCH3 is 2. The van der Waals surface area contributed by atoms with Gasteiger partial charge in [-0.3, -0.25) is 0 Å². The molecule has 0 radical (unpaired) electrons. The number of halogens is 1. The first-order valence-electron chi connectivity index (χ1n) is 8.34. The Bertz CT molecular complexity index is 721. The summed E-state index contributed by atoms with van der Waals surface area (Å²) in [6.45, 7) is 4.72. The molecule has 0 saturated heterocycles. The maximum Gasteiger partial charge on any atom is 0.183 e. The van der Waals surface area contributed by atoms with Crippen LogP contribution in [0.25, 0.3) is 0 Å². The van der Waals surface area contributed by atoms with Gasteiger partial charge in [0.25, 0.3) is 0 Å². The Kier molecular flexibility index (Phi) is 7.66. The van der Waals surface area contributed by atoms with E-state index in [4.69, 9.17) is 30.5 Å². The van der Waals surface area contributed by atoms with Gasteiger partial charge in [0.15, 0.2) is 17.8 Å². The molecule has 0 spiro atoms. The molecule has 0 aliphatic rings. The first-order valence-corrected chi connectivity index (χ1v) is 8.71.